The van der Waals surface area contributed by atoms with Crippen molar-refractivity contribution in [2.24, 2.45) is 20.0 Å². The summed E-state index contributed by atoms with van der Waals surface area (Å²) >= 11 is 0. The molecule has 9 aromatic rings. The lowest BCUT2D eigenvalue weighted by molar-refractivity contribution is 0.649. The van der Waals surface area contributed by atoms with E-state index < -0.39 is 0 Å². The number of fused-ring (bicyclic) bond motifs is 5. The third-order valence-corrected chi connectivity index (χ3v) is 9.79. The largest absolute Gasteiger partial charge is 0.456 e. The predicted molar refractivity (Wildman–Crippen MR) is 241 cm³/mol. The smallest absolute Gasteiger partial charge is 0.204 e. The number of benzene rings is 7. The highest BCUT2D eigenvalue weighted by Gasteiger charge is 2.18. The van der Waals surface area contributed by atoms with Gasteiger partial charge in [-0.05, 0) is 47.5 Å². The molecule has 0 spiro atoms. The lowest BCUT2D eigenvalue weighted by Gasteiger charge is -2.08. The van der Waals surface area contributed by atoms with Gasteiger partial charge in [0, 0.05) is 34.7 Å². The standard InChI is InChI=1S/C50H32N6O4/c51-47(33-15-7-2-8-16-33)55-49(35-19-11-4-12-20-35)54-30-32-21-23-38-41(27-32)59-40-26-25-39-44(57)37-24-22-36(28-42(37)60-46(39)43(40)45(38)58)50(53-29-31-13-5-1-6-14-31)56-48(52)34-17-9-3-10-18-34/h1-30,51-52H. The molecule has 7 aromatic carbocycles. The normalized spacial score (nSPS) is 12.3. The Morgan fingerprint density at radius 1 is 0.433 bits per heavy atom. The molecule has 2 aromatic heterocycles. The average Bonchev–Trinajstić information content (AvgIpc) is 3.30. The number of nitrogens with one attached hydrogen (secondary N) is 2. The lowest BCUT2D eigenvalue weighted by atomic mass is 10.0. The summed E-state index contributed by atoms with van der Waals surface area (Å²) < 4.78 is 12.7. The number of nitrogens with zero attached hydrogens (tertiary/aromatic N) is 4. The van der Waals surface area contributed by atoms with Crippen molar-refractivity contribution in [3.05, 3.63) is 224 Å². The second-order valence-electron chi connectivity index (χ2n) is 13.7. The Labute approximate surface area is 341 Å². The molecular weight excluding hydrogens is 749 g/mol. The summed E-state index contributed by atoms with van der Waals surface area (Å²) in [4.78, 5) is 46.7. The number of hydrogen-bond donors (Lipinski definition) is 2. The lowest BCUT2D eigenvalue weighted by Crippen LogP contribution is -2.08. The van der Waals surface area contributed by atoms with E-state index in [1.165, 1.54) is 0 Å². The Morgan fingerprint density at radius 3 is 1.57 bits per heavy atom. The van der Waals surface area contributed by atoms with E-state index in [0.717, 1.165) is 11.1 Å². The van der Waals surface area contributed by atoms with E-state index in [9.17, 15) is 9.59 Å². The first-order valence-electron chi connectivity index (χ1n) is 18.9. The van der Waals surface area contributed by atoms with E-state index >= 15 is 0 Å². The van der Waals surface area contributed by atoms with Gasteiger partial charge in [0.1, 0.15) is 22.1 Å². The molecule has 0 saturated carbocycles. The van der Waals surface area contributed by atoms with Gasteiger partial charge >= 0.3 is 0 Å². The van der Waals surface area contributed by atoms with Gasteiger partial charge in [-0.15, -0.1) is 0 Å². The van der Waals surface area contributed by atoms with Gasteiger partial charge in [0.05, 0.1) is 16.2 Å². The Kier molecular flexibility index (Phi) is 9.99. The van der Waals surface area contributed by atoms with Crippen molar-refractivity contribution in [3.63, 3.8) is 0 Å². The van der Waals surface area contributed by atoms with Crippen LogP contribution in [-0.2, 0) is 0 Å². The molecule has 0 amide bonds. The van der Waals surface area contributed by atoms with Gasteiger partial charge in [0.2, 0.25) is 10.9 Å². The summed E-state index contributed by atoms with van der Waals surface area (Å²) in [5, 5.41) is 18.3. The molecule has 60 heavy (non-hydrogen) atoms. The summed E-state index contributed by atoms with van der Waals surface area (Å²) in [7, 11) is 0. The molecule has 286 valence electrons. The molecule has 0 bridgehead atoms. The molecule has 9 rings (SSSR count). The van der Waals surface area contributed by atoms with Crippen molar-refractivity contribution in [3.8, 4) is 0 Å². The van der Waals surface area contributed by atoms with Crippen LogP contribution < -0.4 is 10.9 Å². The van der Waals surface area contributed by atoms with Crippen LogP contribution >= 0.6 is 0 Å². The quantitative estimate of drug-likeness (QED) is 0.0745. The van der Waals surface area contributed by atoms with E-state index in [0.29, 0.717) is 39.1 Å². The fraction of sp³-hybridized carbons (Fsp3) is 0. The van der Waals surface area contributed by atoms with Gasteiger partial charge in [-0.25, -0.2) is 20.0 Å². The van der Waals surface area contributed by atoms with Crippen LogP contribution in [0.1, 0.15) is 33.4 Å². The van der Waals surface area contributed by atoms with Gasteiger partial charge in [-0.2, -0.15) is 0 Å². The first kappa shape index (κ1) is 37.1. The van der Waals surface area contributed by atoms with E-state index in [1.54, 1.807) is 73.1 Å². The van der Waals surface area contributed by atoms with Crippen LogP contribution in [0.3, 0.4) is 0 Å². The topological polar surface area (TPSA) is 158 Å². The Bertz CT molecular complexity index is 3370. The van der Waals surface area contributed by atoms with Crippen LogP contribution in [0.5, 0.6) is 0 Å². The minimum atomic E-state index is -0.368. The summed E-state index contributed by atoms with van der Waals surface area (Å²) in [6, 6.07) is 50.6. The SMILES string of the molecule is N=C(N=C(N=Cc1ccc2c(=O)c3c(ccc4c(=O)c5ccc(C(N=Cc6ccccc6)=NC(=N)c6ccccc6)cc5oc43)oc2c1)c1ccccc1)c1ccccc1. The maximum atomic E-state index is 14.3. The number of amidine groups is 4. The van der Waals surface area contributed by atoms with E-state index in [4.69, 9.17) is 19.7 Å². The Morgan fingerprint density at radius 2 is 0.933 bits per heavy atom. The minimum absolute atomic E-state index is 0.00843. The molecule has 0 fully saturated rings. The van der Waals surface area contributed by atoms with Crippen molar-refractivity contribution in [1.82, 2.24) is 0 Å². The zero-order valence-corrected chi connectivity index (χ0v) is 31.7. The minimum Gasteiger partial charge on any atom is -0.456 e. The number of aliphatic imine (C=N–C) groups is 4. The fourth-order valence-electron chi connectivity index (χ4n) is 6.75. The zero-order valence-electron chi connectivity index (χ0n) is 31.7. The van der Waals surface area contributed by atoms with Crippen molar-refractivity contribution in [2.75, 3.05) is 0 Å². The predicted octanol–water partition coefficient (Wildman–Crippen LogP) is 9.99. The molecule has 0 aliphatic carbocycles. The summed E-state index contributed by atoms with van der Waals surface area (Å²) in [6.07, 6.45) is 3.27. The van der Waals surface area contributed by atoms with E-state index in [1.807, 2.05) is 109 Å². The van der Waals surface area contributed by atoms with Crippen LogP contribution in [0.15, 0.2) is 208 Å². The van der Waals surface area contributed by atoms with Crippen LogP contribution in [0.2, 0.25) is 0 Å². The van der Waals surface area contributed by atoms with Crippen molar-refractivity contribution in [2.45, 2.75) is 0 Å². The van der Waals surface area contributed by atoms with Crippen molar-refractivity contribution >= 4 is 79.6 Å². The van der Waals surface area contributed by atoms with Crippen LogP contribution in [0, 0.1) is 10.8 Å². The third-order valence-electron chi connectivity index (χ3n) is 9.79. The number of hydrogen-bond acceptors (Lipinski definition) is 6. The number of rotatable bonds is 6. The van der Waals surface area contributed by atoms with Crippen molar-refractivity contribution in [1.29, 1.82) is 10.8 Å². The van der Waals surface area contributed by atoms with Gasteiger partial charge < -0.3 is 8.83 Å². The molecule has 2 N–H and O–H groups in total. The van der Waals surface area contributed by atoms with E-state index in [-0.39, 0.29) is 61.3 Å². The molecule has 2 heterocycles. The molecule has 10 heteroatoms. The maximum absolute atomic E-state index is 14.3. The molecule has 0 atom stereocenters. The van der Waals surface area contributed by atoms with Crippen LogP contribution in [0.4, 0.5) is 0 Å². The van der Waals surface area contributed by atoms with Gasteiger partial charge in [-0.3, -0.25) is 20.4 Å². The summed E-state index contributed by atoms with van der Waals surface area (Å²) in [5.74, 6) is 0.655. The van der Waals surface area contributed by atoms with Crippen LogP contribution in [0.25, 0.3) is 43.9 Å². The molecule has 0 aliphatic rings. The highest BCUT2D eigenvalue weighted by Crippen LogP contribution is 2.28. The second kappa shape index (κ2) is 16.2. The second-order valence-corrected chi connectivity index (χ2v) is 13.7. The molecule has 0 saturated heterocycles. The monoisotopic (exact) mass is 780 g/mol. The summed E-state index contributed by atoms with van der Waals surface area (Å²) in [5.41, 5.74) is 4.16. The molecule has 0 aliphatic heterocycles. The fourth-order valence-corrected chi connectivity index (χ4v) is 6.75. The van der Waals surface area contributed by atoms with Gasteiger partial charge in [0.25, 0.3) is 0 Å². The zero-order chi connectivity index (χ0) is 41.0. The van der Waals surface area contributed by atoms with Gasteiger partial charge in [0.15, 0.2) is 28.9 Å². The summed E-state index contributed by atoms with van der Waals surface area (Å²) in [6.45, 7) is 0. The molecular formula is C50H32N6O4. The highest BCUT2D eigenvalue weighted by atomic mass is 16.3. The van der Waals surface area contributed by atoms with Gasteiger partial charge in [-0.1, -0.05) is 133 Å². The van der Waals surface area contributed by atoms with E-state index in [2.05, 4.69) is 20.0 Å². The maximum Gasteiger partial charge on any atom is 0.204 e. The Balaban J connectivity index is 1.12. The molecule has 0 radical (unpaired) electrons. The molecule has 10 nitrogen and oxygen atoms in total. The third kappa shape index (κ3) is 7.51. The van der Waals surface area contributed by atoms with Crippen molar-refractivity contribution < 1.29 is 8.83 Å². The Hall–Kier alpha value is -8.50. The first-order chi connectivity index (χ1) is 29.4. The average molecular weight is 781 g/mol. The highest BCUT2D eigenvalue weighted by molar-refractivity contribution is 6.15. The molecule has 0 unspecified atom stereocenters. The first-order valence-corrected chi connectivity index (χ1v) is 18.9. The van der Waals surface area contributed by atoms with Crippen LogP contribution in [-0.4, -0.2) is 35.8 Å².